The summed E-state index contributed by atoms with van der Waals surface area (Å²) < 4.78 is 9.98. The molecule has 0 aromatic rings. The van der Waals surface area contributed by atoms with E-state index in [0.717, 1.165) is 0 Å². The molecule has 1 heterocycles. The van der Waals surface area contributed by atoms with Crippen molar-refractivity contribution in [3.05, 3.63) is 12.7 Å². The number of nitrogens with zero attached hydrogens (tertiary/aromatic N) is 1. The van der Waals surface area contributed by atoms with E-state index in [9.17, 15) is 15.0 Å². The van der Waals surface area contributed by atoms with Gasteiger partial charge in [-0.2, -0.15) is 0 Å². The van der Waals surface area contributed by atoms with E-state index >= 15 is 0 Å². The minimum absolute atomic E-state index is 0.138. The average Bonchev–Trinajstić information content (AvgIpc) is 2.37. The molecule has 0 aromatic heterocycles. The van der Waals surface area contributed by atoms with Crippen LogP contribution in [0.15, 0.2) is 12.7 Å². The number of nitrogens with one attached hydrogen (secondary N) is 1. The van der Waals surface area contributed by atoms with E-state index in [4.69, 9.17) is 9.47 Å². The van der Waals surface area contributed by atoms with Gasteiger partial charge in [0, 0.05) is 12.6 Å². The van der Waals surface area contributed by atoms with Crippen molar-refractivity contribution in [1.82, 2.24) is 10.2 Å². The number of aliphatic hydroxyl groups is 2. The summed E-state index contributed by atoms with van der Waals surface area (Å²) in [4.78, 5) is 13.1. The number of likely N-dealkylation sites (N-methyl/N-ethyl adjacent to an activating group) is 1. The van der Waals surface area contributed by atoms with Crippen LogP contribution in [0, 0.1) is 0 Å². The second kappa shape index (κ2) is 7.44. The SMILES string of the molecule is C=CCOC(=O)NC[C@@H]1CC(N(C)C)C(O)[C@H](O)O1. The third-order valence-corrected chi connectivity index (χ3v) is 2.99. The van der Waals surface area contributed by atoms with Crippen LogP contribution in [0.3, 0.4) is 0 Å². The number of hydrogen-bond acceptors (Lipinski definition) is 6. The molecule has 2 unspecified atom stereocenters. The van der Waals surface area contributed by atoms with E-state index in [1.165, 1.54) is 6.08 Å². The number of aliphatic hydroxyl groups excluding tert-OH is 2. The van der Waals surface area contributed by atoms with Crippen LogP contribution < -0.4 is 5.32 Å². The highest BCUT2D eigenvalue weighted by Gasteiger charge is 2.37. The Morgan fingerprint density at radius 2 is 2.26 bits per heavy atom. The van der Waals surface area contributed by atoms with Gasteiger partial charge in [-0.3, -0.25) is 0 Å². The van der Waals surface area contributed by atoms with Gasteiger partial charge in [-0.1, -0.05) is 12.7 Å². The predicted octanol–water partition coefficient (Wildman–Crippen LogP) is -0.703. The predicted molar refractivity (Wildman–Crippen MR) is 68.5 cm³/mol. The summed E-state index contributed by atoms with van der Waals surface area (Å²) in [5.41, 5.74) is 0. The topological polar surface area (TPSA) is 91.3 Å². The second-order valence-electron chi connectivity index (χ2n) is 4.67. The standard InChI is InChI=1S/C12H22N2O5/c1-4-5-18-12(17)13-7-8-6-9(14(2)3)10(15)11(16)19-8/h4,8-11,15-16H,1,5-7H2,2-3H3,(H,13,17)/t8-,9?,10?,11+/m0/s1. The molecule has 7 heteroatoms. The highest BCUT2D eigenvalue weighted by molar-refractivity contribution is 5.67. The summed E-state index contributed by atoms with van der Waals surface area (Å²) in [5.74, 6) is 0. The zero-order valence-electron chi connectivity index (χ0n) is 11.3. The second-order valence-corrected chi connectivity index (χ2v) is 4.67. The highest BCUT2D eigenvalue weighted by atomic mass is 16.6. The molecular formula is C12H22N2O5. The summed E-state index contributed by atoms with van der Waals surface area (Å²) in [6.07, 6.45) is -1.17. The number of carbonyl (C=O) groups is 1. The van der Waals surface area contributed by atoms with Crippen molar-refractivity contribution < 1.29 is 24.5 Å². The molecule has 7 nitrogen and oxygen atoms in total. The van der Waals surface area contributed by atoms with E-state index in [0.29, 0.717) is 6.42 Å². The summed E-state index contributed by atoms with van der Waals surface area (Å²) >= 11 is 0. The van der Waals surface area contributed by atoms with Crippen molar-refractivity contribution in [1.29, 1.82) is 0 Å². The van der Waals surface area contributed by atoms with Gasteiger partial charge in [0.25, 0.3) is 0 Å². The number of rotatable bonds is 5. The summed E-state index contributed by atoms with van der Waals surface area (Å²) in [7, 11) is 3.63. The lowest BCUT2D eigenvalue weighted by molar-refractivity contribution is -0.232. The molecule has 1 fully saturated rings. The molecule has 3 N–H and O–H groups in total. The minimum Gasteiger partial charge on any atom is -0.445 e. The van der Waals surface area contributed by atoms with Crippen molar-refractivity contribution in [3.63, 3.8) is 0 Å². The third kappa shape index (κ3) is 4.79. The Labute approximate surface area is 112 Å². The van der Waals surface area contributed by atoms with E-state index in [-0.39, 0.29) is 25.3 Å². The number of alkyl carbamates (subject to hydrolysis) is 1. The van der Waals surface area contributed by atoms with Gasteiger partial charge in [0.15, 0.2) is 6.29 Å². The molecule has 1 aliphatic heterocycles. The Balaban J connectivity index is 2.42. The molecular weight excluding hydrogens is 252 g/mol. The van der Waals surface area contributed by atoms with Crippen molar-refractivity contribution in [2.75, 3.05) is 27.2 Å². The molecule has 0 aliphatic carbocycles. The molecule has 1 amide bonds. The normalized spacial score (nSPS) is 31.0. The lowest BCUT2D eigenvalue weighted by atomic mass is 9.98. The molecule has 0 radical (unpaired) electrons. The van der Waals surface area contributed by atoms with Gasteiger partial charge in [-0.05, 0) is 20.5 Å². The first-order valence-electron chi connectivity index (χ1n) is 6.15. The minimum atomic E-state index is -1.25. The van der Waals surface area contributed by atoms with E-state index < -0.39 is 18.5 Å². The quantitative estimate of drug-likeness (QED) is 0.574. The average molecular weight is 274 g/mol. The Hall–Kier alpha value is -1.15. The fraction of sp³-hybridized carbons (Fsp3) is 0.750. The van der Waals surface area contributed by atoms with Crippen LogP contribution >= 0.6 is 0 Å². The van der Waals surface area contributed by atoms with Crippen LogP contribution in [0.5, 0.6) is 0 Å². The van der Waals surface area contributed by atoms with E-state index in [1.54, 1.807) is 0 Å². The summed E-state index contributed by atoms with van der Waals surface area (Å²) in [5, 5.41) is 21.9. The van der Waals surface area contributed by atoms with Crippen LogP contribution in [-0.4, -0.2) is 73.0 Å². The van der Waals surface area contributed by atoms with E-state index in [2.05, 4.69) is 11.9 Å². The van der Waals surface area contributed by atoms with Crippen molar-refractivity contribution in [2.24, 2.45) is 0 Å². The molecule has 1 rings (SSSR count). The van der Waals surface area contributed by atoms with Crippen LogP contribution in [0.25, 0.3) is 0 Å². The Bertz CT molecular complexity index is 310. The third-order valence-electron chi connectivity index (χ3n) is 2.99. The lowest BCUT2D eigenvalue weighted by Crippen LogP contribution is -2.55. The van der Waals surface area contributed by atoms with Crippen molar-refractivity contribution in [2.45, 2.75) is 31.0 Å². The largest absolute Gasteiger partial charge is 0.445 e. The smallest absolute Gasteiger partial charge is 0.407 e. The molecule has 0 spiro atoms. The lowest BCUT2D eigenvalue weighted by Gasteiger charge is -2.40. The first kappa shape index (κ1) is 15.9. The van der Waals surface area contributed by atoms with Gasteiger partial charge >= 0.3 is 6.09 Å². The molecule has 19 heavy (non-hydrogen) atoms. The number of amides is 1. The zero-order chi connectivity index (χ0) is 14.4. The van der Waals surface area contributed by atoms with Gasteiger partial charge in [0.2, 0.25) is 0 Å². The first-order valence-corrected chi connectivity index (χ1v) is 6.15. The number of ether oxygens (including phenoxy) is 2. The van der Waals surface area contributed by atoms with Crippen LogP contribution in [0.1, 0.15) is 6.42 Å². The summed E-state index contributed by atoms with van der Waals surface area (Å²) in [6.45, 7) is 3.78. The van der Waals surface area contributed by atoms with Gasteiger partial charge in [0.05, 0.1) is 6.10 Å². The fourth-order valence-corrected chi connectivity index (χ4v) is 1.96. The first-order chi connectivity index (χ1) is 8.95. The van der Waals surface area contributed by atoms with Gasteiger partial charge in [0.1, 0.15) is 12.7 Å². The maximum absolute atomic E-state index is 11.2. The van der Waals surface area contributed by atoms with Gasteiger partial charge in [-0.15, -0.1) is 0 Å². The summed E-state index contributed by atoms with van der Waals surface area (Å²) in [6, 6.07) is -0.222. The molecule has 0 bridgehead atoms. The van der Waals surface area contributed by atoms with Crippen molar-refractivity contribution in [3.8, 4) is 0 Å². The fourth-order valence-electron chi connectivity index (χ4n) is 1.96. The Kier molecular flexibility index (Phi) is 6.23. The van der Waals surface area contributed by atoms with E-state index in [1.807, 2.05) is 19.0 Å². The van der Waals surface area contributed by atoms with Crippen LogP contribution in [-0.2, 0) is 9.47 Å². The van der Waals surface area contributed by atoms with Crippen LogP contribution in [0.4, 0.5) is 4.79 Å². The zero-order valence-corrected chi connectivity index (χ0v) is 11.3. The molecule has 0 saturated carbocycles. The molecule has 1 aliphatic rings. The van der Waals surface area contributed by atoms with Gasteiger partial charge in [-0.25, -0.2) is 4.79 Å². The number of carbonyl (C=O) groups excluding carboxylic acids is 1. The number of hydrogen-bond donors (Lipinski definition) is 3. The highest BCUT2D eigenvalue weighted by Crippen LogP contribution is 2.21. The maximum Gasteiger partial charge on any atom is 0.407 e. The Morgan fingerprint density at radius 3 is 2.84 bits per heavy atom. The van der Waals surface area contributed by atoms with Gasteiger partial charge < -0.3 is 29.9 Å². The molecule has 110 valence electrons. The van der Waals surface area contributed by atoms with Crippen molar-refractivity contribution >= 4 is 6.09 Å². The molecule has 4 atom stereocenters. The molecule has 1 saturated heterocycles. The monoisotopic (exact) mass is 274 g/mol. The maximum atomic E-state index is 11.2. The molecule has 0 aromatic carbocycles. The van der Waals surface area contributed by atoms with Crippen LogP contribution in [0.2, 0.25) is 0 Å². The Morgan fingerprint density at radius 1 is 1.58 bits per heavy atom.